The predicted molar refractivity (Wildman–Crippen MR) is 88.7 cm³/mol. The number of benzene rings is 2. The molecule has 3 aromatic rings. The van der Waals surface area contributed by atoms with E-state index in [1.54, 1.807) is 0 Å². The van der Waals surface area contributed by atoms with E-state index in [9.17, 15) is 4.79 Å². The maximum Gasteiger partial charge on any atom is 0.323 e. The summed E-state index contributed by atoms with van der Waals surface area (Å²) in [4.78, 5) is 17.0. The number of hydrogen-bond donors (Lipinski definition) is 3. The molecule has 0 aliphatic rings. The maximum absolute atomic E-state index is 11.4. The van der Waals surface area contributed by atoms with Crippen LogP contribution in [-0.2, 0) is 0 Å². The van der Waals surface area contributed by atoms with Gasteiger partial charge in [0, 0.05) is 4.47 Å². The van der Waals surface area contributed by atoms with Crippen molar-refractivity contribution in [2.75, 3.05) is 7.05 Å². The molecule has 1 heterocycles. The predicted octanol–water partition coefficient (Wildman–Crippen LogP) is 3.24. The summed E-state index contributed by atoms with van der Waals surface area (Å²) in [5.74, 6) is 0. The summed E-state index contributed by atoms with van der Waals surface area (Å²) in [6, 6.07) is 12.4. The van der Waals surface area contributed by atoms with E-state index in [1.165, 1.54) is 11.1 Å². The van der Waals surface area contributed by atoms with Gasteiger partial charge in [-0.1, -0.05) is 45.8 Å². The molecule has 108 valence electrons. The standard InChI is InChI=1S/C16H16BrN3O/c1-9-3-5-10(6-4-9)15(18-2)11-7-13-14(8-12(11)17)20-16(21)19-13/h3-8,15,18H,1-2H3,(H2,19,20,21). The third-order valence-corrected chi connectivity index (χ3v) is 4.33. The second-order valence-electron chi connectivity index (χ2n) is 5.13. The number of H-pyrrole nitrogens is 2. The second-order valence-corrected chi connectivity index (χ2v) is 5.99. The molecular weight excluding hydrogens is 330 g/mol. The van der Waals surface area contributed by atoms with Crippen LogP contribution in [0.15, 0.2) is 45.7 Å². The normalized spacial score (nSPS) is 12.7. The molecule has 1 atom stereocenters. The Kier molecular flexibility index (Phi) is 3.69. The molecule has 0 saturated carbocycles. The van der Waals surface area contributed by atoms with Crippen molar-refractivity contribution in [3.05, 3.63) is 68.0 Å². The quantitative estimate of drug-likeness (QED) is 0.682. The number of aromatic nitrogens is 2. The van der Waals surface area contributed by atoms with Crippen LogP contribution in [0.25, 0.3) is 11.0 Å². The highest BCUT2D eigenvalue weighted by molar-refractivity contribution is 9.10. The number of rotatable bonds is 3. The lowest BCUT2D eigenvalue weighted by Gasteiger charge is -2.19. The van der Waals surface area contributed by atoms with Gasteiger partial charge in [-0.25, -0.2) is 4.79 Å². The third-order valence-electron chi connectivity index (χ3n) is 3.64. The van der Waals surface area contributed by atoms with Crippen molar-refractivity contribution in [3.63, 3.8) is 0 Å². The fourth-order valence-electron chi connectivity index (χ4n) is 2.55. The van der Waals surface area contributed by atoms with Crippen molar-refractivity contribution in [1.82, 2.24) is 15.3 Å². The summed E-state index contributed by atoms with van der Waals surface area (Å²) in [6.07, 6.45) is 0. The first-order valence-electron chi connectivity index (χ1n) is 6.74. The van der Waals surface area contributed by atoms with Gasteiger partial charge >= 0.3 is 5.69 Å². The summed E-state index contributed by atoms with van der Waals surface area (Å²) in [5.41, 5.74) is 4.92. The molecule has 0 fully saturated rings. The van der Waals surface area contributed by atoms with Crippen LogP contribution >= 0.6 is 15.9 Å². The number of aryl methyl sites for hydroxylation is 1. The van der Waals surface area contributed by atoms with Crippen molar-refractivity contribution in [2.45, 2.75) is 13.0 Å². The Bertz CT molecular complexity index is 833. The zero-order chi connectivity index (χ0) is 15.0. The van der Waals surface area contributed by atoms with Gasteiger partial charge in [0.05, 0.1) is 17.1 Å². The molecule has 0 amide bonds. The number of imidazole rings is 1. The van der Waals surface area contributed by atoms with Crippen LogP contribution in [0.2, 0.25) is 0 Å². The molecule has 1 unspecified atom stereocenters. The minimum absolute atomic E-state index is 0.0581. The fraction of sp³-hybridized carbons (Fsp3) is 0.188. The van der Waals surface area contributed by atoms with Crippen molar-refractivity contribution < 1.29 is 0 Å². The number of aromatic amines is 2. The lowest BCUT2D eigenvalue weighted by atomic mass is 9.97. The topological polar surface area (TPSA) is 60.7 Å². The minimum Gasteiger partial charge on any atom is -0.309 e. The van der Waals surface area contributed by atoms with E-state index in [0.29, 0.717) is 0 Å². The Morgan fingerprint density at radius 1 is 1.10 bits per heavy atom. The first-order valence-corrected chi connectivity index (χ1v) is 7.53. The van der Waals surface area contributed by atoms with Crippen molar-refractivity contribution in [3.8, 4) is 0 Å². The monoisotopic (exact) mass is 345 g/mol. The van der Waals surface area contributed by atoms with Crippen molar-refractivity contribution in [1.29, 1.82) is 0 Å². The molecule has 2 aromatic carbocycles. The van der Waals surface area contributed by atoms with Crippen LogP contribution in [0, 0.1) is 6.92 Å². The minimum atomic E-state index is -0.189. The Morgan fingerprint density at radius 3 is 2.33 bits per heavy atom. The van der Waals surface area contributed by atoms with E-state index >= 15 is 0 Å². The molecule has 0 radical (unpaired) electrons. The molecule has 0 bridgehead atoms. The number of fused-ring (bicyclic) bond motifs is 1. The van der Waals surface area contributed by atoms with E-state index in [-0.39, 0.29) is 11.7 Å². The van der Waals surface area contributed by atoms with Gasteiger partial charge in [0.15, 0.2) is 0 Å². The molecule has 0 spiro atoms. The Hall–Kier alpha value is -1.85. The van der Waals surface area contributed by atoms with E-state index in [0.717, 1.165) is 21.1 Å². The molecule has 1 aromatic heterocycles. The highest BCUT2D eigenvalue weighted by Gasteiger charge is 2.16. The molecule has 0 saturated heterocycles. The van der Waals surface area contributed by atoms with Gasteiger partial charge in [-0.3, -0.25) is 0 Å². The van der Waals surface area contributed by atoms with Crippen LogP contribution in [0.4, 0.5) is 0 Å². The van der Waals surface area contributed by atoms with Gasteiger partial charge in [0.2, 0.25) is 0 Å². The van der Waals surface area contributed by atoms with Gasteiger partial charge < -0.3 is 15.3 Å². The molecular formula is C16H16BrN3O. The summed E-state index contributed by atoms with van der Waals surface area (Å²) in [7, 11) is 1.93. The number of halogens is 1. The van der Waals surface area contributed by atoms with Gasteiger partial charge in [0.25, 0.3) is 0 Å². The smallest absolute Gasteiger partial charge is 0.309 e. The Morgan fingerprint density at radius 2 is 1.71 bits per heavy atom. The lowest BCUT2D eigenvalue weighted by molar-refractivity contribution is 0.689. The average Bonchev–Trinajstić information content (AvgIpc) is 2.81. The van der Waals surface area contributed by atoms with Crippen LogP contribution < -0.4 is 11.0 Å². The zero-order valence-electron chi connectivity index (χ0n) is 11.8. The summed E-state index contributed by atoms with van der Waals surface area (Å²) < 4.78 is 0.963. The zero-order valence-corrected chi connectivity index (χ0v) is 13.4. The number of nitrogens with one attached hydrogen (secondary N) is 3. The van der Waals surface area contributed by atoms with Crippen molar-refractivity contribution in [2.24, 2.45) is 0 Å². The summed E-state index contributed by atoms with van der Waals surface area (Å²) in [5, 5.41) is 3.33. The Labute approximate surface area is 130 Å². The van der Waals surface area contributed by atoms with Crippen LogP contribution in [-0.4, -0.2) is 17.0 Å². The molecule has 5 heteroatoms. The van der Waals surface area contributed by atoms with Crippen molar-refractivity contribution >= 4 is 27.0 Å². The SMILES string of the molecule is CNC(c1ccc(C)cc1)c1cc2[nH]c(=O)[nH]c2cc1Br. The van der Waals surface area contributed by atoms with Crippen LogP contribution in [0.1, 0.15) is 22.7 Å². The highest BCUT2D eigenvalue weighted by Crippen LogP contribution is 2.31. The number of hydrogen-bond acceptors (Lipinski definition) is 2. The molecule has 21 heavy (non-hydrogen) atoms. The van der Waals surface area contributed by atoms with Gasteiger partial charge in [-0.2, -0.15) is 0 Å². The van der Waals surface area contributed by atoms with E-state index < -0.39 is 0 Å². The Balaban J connectivity index is 2.13. The summed E-state index contributed by atoms with van der Waals surface area (Å²) in [6.45, 7) is 2.07. The van der Waals surface area contributed by atoms with Gasteiger partial charge in [-0.05, 0) is 37.2 Å². The van der Waals surface area contributed by atoms with Crippen LogP contribution in [0.3, 0.4) is 0 Å². The largest absolute Gasteiger partial charge is 0.323 e. The van der Waals surface area contributed by atoms with E-state index in [2.05, 4.69) is 62.4 Å². The van der Waals surface area contributed by atoms with E-state index in [4.69, 9.17) is 0 Å². The first-order chi connectivity index (χ1) is 10.1. The van der Waals surface area contributed by atoms with Gasteiger partial charge in [-0.15, -0.1) is 0 Å². The maximum atomic E-state index is 11.4. The summed E-state index contributed by atoms with van der Waals surface area (Å²) >= 11 is 3.60. The average molecular weight is 346 g/mol. The first kappa shape index (κ1) is 14.1. The third kappa shape index (κ3) is 2.66. The second kappa shape index (κ2) is 5.50. The molecule has 0 aliphatic heterocycles. The van der Waals surface area contributed by atoms with Crippen LogP contribution in [0.5, 0.6) is 0 Å². The fourth-order valence-corrected chi connectivity index (χ4v) is 3.13. The highest BCUT2D eigenvalue weighted by atomic mass is 79.9. The molecule has 3 rings (SSSR count). The molecule has 3 N–H and O–H groups in total. The van der Waals surface area contributed by atoms with Gasteiger partial charge in [0.1, 0.15) is 0 Å². The molecule has 0 aliphatic carbocycles. The van der Waals surface area contributed by atoms with E-state index in [1.807, 2.05) is 19.2 Å². The molecule has 4 nitrogen and oxygen atoms in total. The lowest BCUT2D eigenvalue weighted by Crippen LogP contribution is -2.18.